The second kappa shape index (κ2) is 5.19. The predicted octanol–water partition coefficient (Wildman–Crippen LogP) is 1.99. The Bertz CT molecular complexity index is 265. The van der Waals surface area contributed by atoms with Crippen molar-refractivity contribution in [3.8, 4) is 0 Å². The zero-order valence-electron chi connectivity index (χ0n) is 7.63. The number of halogens is 1. The van der Waals surface area contributed by atoms with E-state index >= 15 is 0 Å². The number of rotatable bonds is 4. The Balaban J connectivity index is 2.50. The van der Waals surface area contributed by atoms with Crippen LogP contribution in [-0.4, -0.2) is 17.6 Å². The maximum absolute atomic E-state index is 5.77. The third kappa shape index (κ3) is 3.32. The van der Waals surface area contributed by atoms with Crippen LogP contribution in [0.25, 0.3) is 0 Å². The largest absolute Gasteiger partial charge is 0.368 e. The smallest absolute Gasteiger partial charge is 0.140 e. The molecule has 4 heteroatoms. The summed E-state index contributed by atoms with van der Waals surface area (Å²) in [5.74, 6) is 0.853. The fourth-order valence-corrected chi connectivity index (χ4v) is 1.28. The van der Waals surface area contributed by atoms with Crippen molar-refractivity contribution < 1.29 is 0 Å². The maximum Gasteiger partial charge on any atom is 0.140 e. The van der Waals surface area contributed by atoms with Crippen LogP contribution >= 0.6 is 15.9 Å². The summed E-state index contributed by atoms with van der Waals surface area (Å²) in [7, 11) is 0. The van der Waals surface area contributed by atoms with Gasteiger partial charge in [-0.25, -0.2) is 4.98 Å². The molecular weight excluding hydrogens is 230 g/mol. The lowest BCUT2D eigenvalue weighted by Crippen LogP contribution is -2.28. The van der Waals surface area contributed by atoms with E-state index < -0.39 is 0 Å². The summed E-state index contributed by atoms with van der Waals surface area (Å²) in [5.41, 5.74) is 5.77. The summed E-state index contributed by atoms with van der Waals surface area (Å²) in [6.07, 6.45) is 2.72. The third-order valence-electron chi connectivity index (χ3n) is 1.81. The van der Waals surface area contributed by atoms with Crippen LogP contribution in [0.15, 0.2) is 22.8 Å². The van der Waals surface area contributed by atoms with E-state index in [1.54, 1.807) is 6.20 Å². The zero-order valence-corrected chi connectivity index (χ0v) is 9.21. The number of anilines is 1. The highest BCUT2D eigenvalue weighted by molar-refractivity contribution is 9.10. The van der Waals surface area contributed by atoms with Crippen molar-refractivity contribution >= 4 is 21.7 Å². The second-order valence-corrected chi connectivity index (χ2v) is 3.74. The molecule has 1 aromatic heterocycles. The molecule has 1 atom stereocenters. The van der Waals surface area contributed by atoms with Gasteiger partial charge in [-0.05, 0) is 34.5 Å². The molecule has 72 valence electrons. The lowest BCUT2D eigenvalue weighted by molar-refractivity contribution is 0.677. The molecule has 0 radical (unpaired) electrons. The zero-order chi connectivity index (χ0) is 9.68. The monoisotopic (exact) mass is 243 g/mol. The Kier molecular flexibility index (Phi) is 4.18. The molecule has 1 unspecified atom stereocenters. The van der Waals surface area contributed by atoms with E-state index in [1.807, 2.05) is 12.1 Å². The van der Waals surface area contributed by atoms with Gasteiger partial charge in [0.15, 0.2) is 0 Å². The average Bonchev–Trinajstić information content (AvgIpc) is 2.16. The number of pyridine rings is 1. The van der Waals surface area contributed by atoms with Gasteiger partial charge in [-0.15, -0.1) is 0 Å². The first kappa shape index (κ1) is 10.5. The highest BCUT2D eigenvalue weighted by atomic mass is 79.9. The van der Waals surface area contributed by atoms with E-state index in [9.17, 15) is 0 Å². The first-order valence-corrected chi connectivity index (χ1v) is 5.13. The Hall–Kier alpha value is -0.610. The molecule has 0 aliphatic carbocycles. The summed E-state index contributed by atoms with van der Waals surface area (Å²) in [6.45, 7) is 2.83. The van der Waals surface area contributed by atoms with E-state index in [0.29, 0.717) is 0 Å². The summed E-state index contributed by atoms with van der Waals surface area (Å²) < 4.78 is 0.971. The molecular formula is C9H14BrN3. The van der Waals surface area contributed by atoms with Gasteiger partial charge >= 0.3 is 0 Å². The molecule has 0 amide bonds. The van der Waals surface area contributed by atoms with Crippen molar-refractivity contribution in [2.75, 3.05) is 11.9 Å². The highest BCUT2D eigenvalue weighted by Crippen LogP contribution is 2.17. The van der Waals surface area contributed by atoms with Gasteiger partial charge in [0, 0.05) is 18.8 Å². The topological polar surface area (TPSA) is 50.9 Å². The average molecular weight is 244 g/mol. The number of hydrogen-bond acceptors (Lipinski definition) is 3. The van der Waals surface area contributed by atoms with E-state index in [0.717, 1.165) is 23.3 Å². The number of aromatic nitrogens is 1. The Labute approximate surface area is 86.9 Å². The molecule has 1 heterocycles. The van der Waals surface area contributed by atoms with Gasteiger partial charge in [-0.1, -0.05) is 6.92 Å². The van der Waals surface area contributed by atoms with Gasteiger partial charge in [0.2, 0.25) is 0 Å². The third-order valence-corrected chi connectivity index (χ3v) is 2.45. The number of nitrogens with two attached hydrogens (primary N) is 1. The number of nitrogens with one attached hydrogen (secondary N) is 1. The highest BCUT2D eigenvalue weighted by Gasteiger charge is 2.01. The van der Waals surface area contributed by atoms with Gasteiger partial charge in [-0.3, -0.25) is 0 Å². The van der Waals surface area contributed by atoms with Gasteiger partial charge < -0.3 is 11.1 Å². The lowest BCUT2D eigenvalue weighted by Gasteiger charge is -2.11. The Morgan fingerprint density at radius 2 is 2.46 bits per heavy atom. The van der Waals surface area contributed by atoms with Gasteiger partial charge in [0.25, 0.3) is 0 Å². The van der Waals surface area contributed by atoms with Crippen LogP contribution in [0.3, 0.4) is 0 Å². The van der Waals surface area contributed by atoms with Crippen LogP contribution in [0.1, 0.15) is 13.3 Å². The first-order valence-electron chi connectivity index (χ1n) is 4.34. The van der Waals surface area contributed by atoms with E-state index in [1.165, 1.54) is 0 Å². The van der Waals surface area contributed by atoms with Crippen molar-refractivity contribution in [2.45, 2.75) is 19.4 Å². The van der Waals surface area contributed by atoms with Crippen molar-refractivity contribution in [1.82, 2.24) is 4.98 Å². The molecule has 0 bridgehead atoms. The second-order valence-electron chi connectivity index (χ2n) is 2.88. The lowest BCUT2D eigenvalue weighted by atomic mass is 10.2. The fraction of sp³-hybridized carbons (Fsp3) is 0.444. The van der Waals surface area contributed by atoms with Crippen LogP contribution < -0.4 is 11.1 Å². The first-order chi connectivity index (χ1) is 6.24. The molecule has 0 aliphatic rings. The molecule has 0 saturated heterocycles. The van der Waals surface area contributed by atoms with E-state index in [4.69, 9.17) is 5.73 Å². The van der Waals surface area contributed by atoms with Crippen LogP contribution in [0, 0.1) is 0 Å². The van der Waals surface area contributed by atoms with Crippen LogP contribution in [0.5, 0.6) is 0 Å². The van der Waals surface area contributed by atoms with Crippen LogP contribution in [0.2, 0.25) is 0 Å². The SMILES string of the molecule is CCC(N)CNc1ncccc1Br. The molecule has 0 aromatic carbocycles. The van der Waals surface area contributed by atoms with E-state index in [2.05, 4.69) is 33.2 Å². The molecule has 1 rings (SSSR count). The summed E-state index contributed by atoms with van der Waals surface area (Å²) in [4.78, 5) is 4.17. The molecule has 0 aliphatic heterocycles. The van der Waals surface area contributed by atoms with Gasteiger partial charge in [0.1, 0.15) is 5.82 Å². The van der Waals surface area contributed by atoms with Crippen LogP contribution in [0.4, 0.5) is 5.82 Å². The van der Waals surface area contributed by atoms with Gasteiger partial charge in [-0.2, -0.15) is 0 Å². The minimum Gasteiger partial charge on any atom is -0.368 e. The molecule has 0 fully saturated rings. The summed E-state index contributed by atoms with van der Waals surface area (Å²) >= 11 is 3.40. The molecule has 13 heavy (non-hydrogen) atoms. The Morgan fingerprint density at radius 3 is 3.08 bits per heavy atom. The van der Waals surface area contributed by atoms with E-state index in [-0.39, 0.29) is 6.04 Å². The predicted molar refractivity (Wildman–Crippen MR) is 58.7 cm³/mol. The fourth-order valence-electron chi connectivity index (χ4n) is 0.888. The van der Waals surface area contributed by atoms with Crippen LogP contribution in [-0.2, 0) is 0 Å². The maximum atomic E-state index is 5.77. The van der Waals surface area contributed by atoms with Crippen molar-refractivity contribution in [3.05, 3.63) is 22.8 Å². The minimum atomic E-state index is 0.189. The minimum absolute atomic E-state index is 0.189. The molecule has 3 N–H and O–H groups in total. The summed E-state index contributed by atoms with van der Waals surface area (Å²) in [5, 5.41) is 3.18. The number of hydrogen-bond donors (Lipinski definition) is 2. The standard InChI is InChI=1S/C9H14BrN3/c1-2-7(11)6-13-9-8(10)4-3-5-12-9/h3-5,7H,2,6,11H2,1H3,(H,12,13). The molecule has 1 aromatic rings. The van der Waals surface area contributed by atoms with Crippen molar-refractivity contribution in [3.63, 3.8) is 0 Å². The molecule has 0 spiro atoms. The number of nitrogens with zero attached hydrogens (tertiary/aromatic N) is 1. The van der Waals surface area contributed by atoms with Crippen molar-refractivity contribution in [2.24, 2.45) is 5.73 Å². The Morgan fingerprint density at radius 1 is 1.69 bits per heavy atom. The van der Waals surface area contributed by atoms with Crippen molar-refractivity contribution in [1.29, 1.82) is 0 Å². The molecule has 3 nitrogen and oxygen atoms in total. The van der Waals surface area contributed by atoms with Gasteiger partial charge in [0.05, 0.1) is 4.47 Å². The quantitative estimate of drug-likeness (QED) is 0.851. The normalized spacial score (nSPS) is 12.5. The summed E-state index contributed by atoms with van der Waals surface area (Å²) in [6, 6.07) is 4.02. The molecule has 0 saturated carbocycles.